The summed E-state index contributed by atoms with van der Waals surface area (Å²) >= 11 is 7.16. The van der Waals surface area contributed by atoms with Gasteiger partial charge < -0.3 is 5.11 Å². The van der Waals surface area contributed by atoms with E-state index in [0.717, 1.165) is 17.8 Å². The summed E-state index contributed by atoms with van der Waals surface area (Å²) < 4.78 is 55.1. The van der Waals surface area contributed by atoms with E-state index in [2.05, 4.69) is 9.71 Å². The van der Waals surface area contributed by atoms with E-state index in [1.54, 1.807) is 32.9 Å². The maximum Gasteiger partial charge on any atom is 0.416 e. The Balaban J connectivity index is 2.52. The zero-order chi connectivity index (χ0) is 21.1. The summed E-state index contributed by atoms with van der Waals surface area (Å²) in [6, 6.07) is 5.34. The Morgan fingerprint density at radius 1 is 1.25 bits per heavy atom. The fourth-order valence-electron chi connectivity index (χ4n) is 2.24. The zero-order valence-electron chi connectivity index (χ0n) is 15.4. The van der Waals surface area contributed by atoms with Gasteiger partial charge >= 0.3 is 6.18 Å². The number of pyridine rings is 1. The lowest BCUT2D eigenvalue weighted by molar-refractivity contribution is -0.138. The smallest absolute Gasteiger partial charge is 0.392 e. The molecule has 154 valence electrons. The van der Waals surface area contributed by atoms with Gasteiger partial charge in [-0.2, -0.15) is 13.2 Å². The second-order valence-corrected chi connectivity index (χ2v) is 10.3. The van der Waals surface area contributed by atoms with E-state index >= 15 is 0 Å². The minimum absolute atomic E-state index is 0.114. The summed E-state index contributed by atoms with van der Waals surface area (Å²) in [5, 5.41) is 9.93. The first-order valence-electron chi connectivity index (χ1n) is 8.21. The number of halogens is 4. The van der Waals surface area contributed by atoms with Crippen molar-refractivity contribution in [2.45, 2.75) is 54.8 Å². The number of rotatable bonds is 6. The number of hydrogen-bond donors (Lipinski definition) is 2. The minimum atomic E-state index is -4.61. The van der Waals surface area contributed by atoms with Crippen molar-refractivity contribution < 1.29 is 22.5 Å². The third-order valence-corrected chi connectivity index (χ3v) is 6.85. The highest BCUT2D eigenvalue weighted by Gasteiger charge is 2.35. The van der Waals surface area contributed by atoms with Crippen molar-refractivity contribution in [2.75, 3.05) is 0 Å². The number of nitrogens with zero attached hydrogens (tertiary/aromatic N) is 1. The van der Waals surface area contributed by atoms with Crippen LogP contribution < -0.4 is 4.72 Å². The fraction of sp³-hybridized carbons (Fsp3) is 0.389. The lowest BCUT2D eigenvalue weighted by Crippen LogP contribution is -2.33. The first-order chi connectivity index (χ1) is 12.9. The molecule has 1 aromatic carbocycles. The average molecular weight is 453 g/mol. The van der Waals surface area contributed by atoms with Crippen molar-refractivity contribution in [2.24, 2.45) is 0 Å². The summed E-state index contributed by atoms with van der Waals surface area (Å²) in [6.45, 7) is 4.55. The first-order valence-corrected chi connectivity index (χ1v) is 10.6. The molecule has 1 aromatic heterocycles. The van der Waals surface area contributed by atoms with Crippen LogP contribution in [-0.2, 0) is 30.3 Å². The van der Waals surface area contributed by atoms with Crippen LogP contribution in [0.5, 0.6) is 0 Å². The number of aliphatic hydroxyl groups is 1. The quantitative estimate of drug-likeness (QED) is 0.651. The minimum Gasteiger partial charge on any atom is -0.392 e. The molecular weight excluding hydrogens is 433 g/mol. The third kappa shape index (κ3) is 5.70. The molecule has 0 saturated heterocycles. The molecular formula is C18H20ClF3N2O2S2. The molecule has 1 unspecified atom stereocenters. The topological polar surface area (TPSA) is 62.2 Å². The summed E-state index contributed by atoms with van der Waals surface area (Å²) in [5.74, 6) is 0. The number of alkyl halides is 3. The third-order valence-electron chi connectivity index (χ3n) is 3.67. The van der Waals surface area contributed by atoms with Crippen LogP contribution in [0.1, 0.15) is 37.5 Å². The number of aliphatic hydroxyl groups excluding tert-OH is 1. The molecule has 1 heterocycles. The molecule has 28 heavy (non-hydrogen) atoms. The van der Waals surface area contributed by atoms with Crippen LogP contribution in [0, 0.1) is 0 Å². The monoisotopic (exact) mass is 452 g/mol. The second-order valence-electron chi connectivity index (χ2n) is 6.83. The van der Waals surface area contributed by atoms with Crippen molar-refractivity contribution in [1.29, 1.82) is 0 Å². The molecule has 0 spiro atoms. The lowest BCUT2D eigenvalue weighted by Gasteiger charge is -2.22. The molecule has 0 radical (unpaired) electrons. The zero-order valence-corrected chi connectivity index (χ0v) is 17.8. The molecule has 10 heteroatoms. The maximum atomic E-state index is 13.6. The average Bonchev–Trinajstić information content (AvgIpc) is 2.60. The van der Waals surface area contributed by atoms with Gasteiger partial charge in [-0.3, -0.25) is 0 Å². The van der Waals surface area contributed by atoms with Crippen molar-refractivity contribution in [3.05, 3.63) is 52.2 Å². The van der Waals surface area contributed by atoms with E-state index in [9.17, 15) is 22.5 Å². The van der Waals surface area contributed by atoms with Gasteiger partial charge in [-0.25, -0.2) is 13.9 Å². The first kappa shape index (κ1) is 23.2. The molecule has 2 N–H and O–H groups in total. The van der Waals surface area contributed by atoms with Gasteiger partial charge in [0.15, 0.2) is 0 Å². The SMILES string of the molecule is CC(C)(C)S(=O)NCc1c(C(F)(F)F)ccc(Cl)c1Sc1ncccc1CO. The Bertz CT molecular complexity index is 871. The van der Waals surface area contributed by atoms with Crippen molar-refractivity contribution in [3.8, 4) is 0 Å². The molecule has 4 nitrogen and oxygen atoms in total. The summed E-state index contributed by atoms with van der Waals surface area (Å²) in [7, 11) is -1.57. The highest BCUT2D eigenvalue weighted by atomic mass is 35.5. The van der Waals surface area contributed by atoms with Crippen LogP contribution in [0.2, 0.25) is 5.02 Å². The fourth-order valence-corrected chi connectivity index (χ4v) is 4.28. The normalized spacial score (nSPS) is 13.6. The summed E-state index contributed by atoms with van der Waals surface area (Å²) in [5.41, 5.74) is -0.505. The Morgan fingerprint density at radius 2 is 1.93 bits per heavy atom. The van der Waals surface area contributed by atoms with E-state index in [1.165, 1.54) is 12.3 Å². The van der Waals surface area contributed by atoms with Crippen molar-refractivity contribution >= 4 is 34.3 Å². The van der Waals surface area contributed by atoms with E-state index < -0.39 is 27.5 Å². The van der Waals surface area contributed by atoms with Gasteiger partial charge in [0.2, 0.25) is 0 Å². The molecule has 0 aliphatic carbocycles. The predicted molar refractivity (Wildman–Crippen MR) is 105 cm³/mol. The Morgan fingerprint density at radius 3 is 2.50 bits per heavy atom. The molecule has 2 aromatic rings. The van der Waals surface area contributed by atoms with Crippen LogP contribution in [0.15, 0.2) is 40.4 Å². The summed E-state index contributed by atoms with van der Waals surface area (Å²) in [6.07, 6.45) is -3.13. The van der Waals surface area contributed by atoms with E-state index in [4.69, 9.17) is 11.6 Å². The van der Waals surface area contributed by atoms with Gasteiger partial charge in [0, 0.05) is 23.2 Å². The molecule has 0 fully saturated rings. The maximum absolute atomic E-state index is 13.6. The number of hydrogen-bond acceptors (Lipinski definition) is 4. The van der Waals surface area contributed by atoms with Gasteiger partial charge in [0.05, 0.1) is 32.9 Å². The van der Waals surface area contributed by atoms with E-state index in [1.807, 2.05) is 0 Å². The van der Waals surface area contributed by atoms with Gasteiger partial charge in [-0.05, 0) is 44.5 Å². The van der Waals surface area contributed by atoms with Gasteiger partial charge in [-0.1, -0.05) is 29.4 Å². The largest absolute Gasteiger partial charge is 0.416 e. The van der Waals surface area contributed by atoms with Crippen LogP contribution in [0.4, 0.5) is 13.2 Å². The number of benzene rings is 1. The highest BCUT2D eigenvalue weighted by Crippen LogP contribution is 2.42. The van der Waals surface area contributed by atoms with Crippen LogP contribution >= 0.6 is 23.4 Å². The van der Waals surface area contributed by atoms with Crippen LogP contribution in [-0.4, -0.2) is 19.0 Å². The van der Waals surface area contributed by atoms with E-state index in [0.29, 0.717) is 10.6 Å². The second kappa shape index (κ2) is 9.13. The number of nitrogens with one attached hydrogen (secondary N) is 1. The van der Waals surface area contributed by atoms with Gasteiger partial charge in [-0.15, -0.1) is 0 Å². The van der Waals surface area contributed by atoms with E-state index in [-0.39, 0.29) is 28.6 Å². The Labute approximate surface area is 173 Å². The molecule has 2 rings (SSSR count). The lowest BCUT2D eigenvalue weighted by atomic mass is 10.1. The molecule has 0 aliphatic heterocycles. The summed E-state index contributed by atoms with van der Waals surface area (Å²) in [4.78, 5) is 4.29. The van der Waals surface area contributed by atoms with Crippen LogP contribution in [0.3, 0.4) is 0 Å². The van der Waals surface area contributed by atoms with Gasteiger partial charge in [0.1, 0.15) is 5.03 Å². The standard InChI is InChI=1S/C18H20ClF3N2O2S2/c1-17(2,3)28(26)24-9-12-13(18(20,21)22)6-7-14(19)15(12)27-16-11(10-25)5-4-8-23-16/h4-8,24-25H,9-10H2,1-3H3. The molecule has 0 saturated carbocycles. The van der Waals surface area contributed by atoms with Crippen LogP contribution in [0.25, 0.3) is 0 Å². The molecule has 0 bridgehead atoms. The molecule has 0 amide bonds. The highest BCUT2D eigenvalue weighted by molar-refractivity contribution is 7.99. The van der Waals surface area contributed by atoms with Crippen molar-refractivity contribution in [1.82, 2.24) is 9.71 Å². The Kier molecular flexibility index (Phi) is 7.55. The van der Waals surface area contributed by atoms with Gasteiger partial charge in [0.25, 0.3) is 0 Å². The van der Waals surface area contributed by atoms with Crippen molar-refractivity contribution in [3.63, 3.8) is 0 Å². The molecule has 1 atom stereocenters. The number of aromatic nitrogens is 1. The predicted octanol–water partition coefficient (Wildman–Crippen LogP) is 4.95. The Hall–Kier alpha value is -1.13. The molecule has 0 aliphatic rings.